The van der Waals surface area contributed by atoms with Gasteiger partial charge in [0.25, 0.3) is 0 Å². The van der Waals surface area contributed by atoms with Gasteiger partial charge in [-0.25, -0.2) is 9.97 Å². The summed E-state index contributed by atoms with van der Waals surface area (Å²) in [7, 11) is 3.21. The Kier molecular flexibility index (Phi) is 7.98. The Morgan fingerprint density at radius 2 is 1.51 bits per heavy atom. The van der Waals surface area contributed by atoms with Gasteiger partial charge in [0.15, 0.2) is 5.78 Å². The van der Waals surface area contributed by atoms with E-state index < -0.39 is 0 Å². The van der Waals surface area contributed by atoms with Crippen molar-refractivity contribution in [2.45, 2.75) is 44.9 Å². The molecule has 7 heteroatoms. The Labute approximate surface area is 205 Å². The minimum atomic E-state index is 0.145. The number of methoxy groups -OCH3 is 2. The number of allylic oxidation sites excluding steroid dienone is 1. The van der Waals surface area contributed by atoms with Crippen LogP contribution in [0.15, 0.2) is 48.9 Å². The number of ketones is 2. The average Bonchev–Trinajstić information content (AvgIpc) is 3.16. The molecular formula is C28H29N3O4. The predicted octanol–water partition coefficient (Wildman–Crippen LogP) is 4.47. The summed E-state index contributed by atoms with van der Waals surface area (Å²) in [5.41, 5.74) is 5.75. The molecule has 180 valence electrons. The highest BCUT2D eigenvalue weighted by molar-refractivity contribution is 6.25. The topological polar surface area (TPSA) is 91.3 Å². The largest absolute Gasteiger partial charge is 0.481 e. The Morgan fingerprint density at radius 1 is 0.800 bits per heavy atom. The molecule has 3 aromatic rings. The second-order valence-corrected chi connectivity index (χ2v) is 8.54. The highest BCUT2D eigenvalue weighted by atomic mass is 16.5. The minimum absolute atomic E-state index is 0.145. The minimum Gasteiger partial charge on any atom is -0.481 e. The third-order valence-electron chi connectivity index (χ3n) is 6.15. The summed E-state index contributed by atoms with van der Waals surface area (Å²) >= 11 is 0. The molecule has 0 spiro atoms. The quantitative estimate of drug-likeness (QED) is 0.411. The molecule has 2 aliphatic carbocycles. The zero-order chi connectivity index (χ0) is 24.6. The lowest BCUT2D eigenvalue weighted by molar-refractivity contribution is -0.118. The van der Waals surface area contributed by atoms with Crippen LogP contribution in [0, 0.1) is 0 Å². The molecule has 2 aliphatic rings. The average molecular weight is 472 g/mol. The molecule has 0 bridgehead atoms. The van der Waals surface area contributed by atoms with Gasteiger partial charge in [0.2, 0.25) is 11.8 Å². The zero-order valence-electron chi connectivity index (χ0n) is 20.1. The van der Waals surface area contributed by atoms with E-state index in [1.165, 1.54) is 5.56 Å². The second kappa shape index (κ2) is 11.5. The number of rotatable bonds is 3. The maximum absolute atomic E-state index is 12.4. The first-order valence-corrected chi connectivity index (χ1v) is 11.8. The standard InChI is InChI=1S/C17H16N2O2.C11H13NO2/c1-21-17-9-12-5-4-7-16(20)14(15(12)11-19-17)10-13-6-2-3-8-18-13;1-14-11-6-8-3-2-4-10(13)5-9(8)7-12-11/h2-3,6,8-11H,4-5,7H2,1H3;6-7H,2-5H2,1H3/b14-10+;. The van der Waals surface area contributed by atoms with Gasteiger partial charge in [0, 0.05) is 61.1 Å². The maximum atomic E-state index is 12.4. The number of ether oxygens (including phenoxy) is 2. The molecule has 0 saturated heterocycles. The third kappa shape index (κ3) is 6.18. The van der Waals surface area contributed by atoms with Crippen LogP contribution in [0.25, 0.3) is 11.6 Å². The second-order valence-electron chi connectivity index (χ2n) is 8.54. The van der Waals surface area contributed by atoms with Crippen molar-refractivity contribution in [2.24, 2.45) is 0 Å². The van der Waals surface area contributed by atoms with Crippen molar-refractivity contribution in [3.8, 4) is 11.8 Å². The van der Waals surface area contributed by atoms with E-state index in [1.54, 1.807) is 32.8 Å². The molecule has 0 atom stereocenters. The third-order valence-corrected chi connectivity index (χ3v) is 6.15. The first-order valence-electron chi connectivity index (χ1n) is 11.8. The number of hydrogen-bond donors (Lipinski definition) is 0. The summed E-state index contributed by atoms with van der Waals surface area (Å²) in [5, 5.41) is 0. The van der Waals surface area contributed by atoms with Crippen molar-refractivity contribution in [3.63, 3.8) is 0 Å². The highest BCUT2D eigenvalue weighted by Gasteiger charge is 2.21. The summed E-state index contributed by atoms with van der Waals surface area (Å²) in [4.78, 5) is 36.3. The lowest BCUT2D eigenvalue weighted by Crippen LogP contribution is -2.01. The van der Waals surface area contributed by atoms with Crippen molar-refractivity contribution in [1.82, 2.24) is 15.0 Å². The van der Waals surface area contributed by atoms with E-state index in [1.807, 2.05) is 36.4 Å². The number of fused-ring (bicyclic) bond motifs is 2. The van der Waals surface area contributed by atoms with Crippen LogP contribution in [-0.4, -0.2) is 40.7 Å². The van der Waals surface area contributed by atoms with Crippen LogP contribution in [0.5, 0.6) is 11.8 Å². The van der Waals surface area contributed by atoms with Crippen LogP contribution >= 0.6 is 0 Å². The SMILES string of the molecule is COc1cc2c(cn1)/C(=C\c1ccccn1)C(=O)CCC2.COc1cc2c(cn1)CC(=O)CCC2. The Balaban J connectivity index is 0.000000179. The summed E-state index contributed by atoms with van der Waals surface area (Å²) in [6, 6.07) is 9.51. The molecule has 0 unspecified atom stereocenters. The first-order chi connectivity index (χ1) is 17.1. The lowest BCUT2D eigenvalue weighted by atomic mass is 9.99. The van der Waals surface area contributed by atoms with Crippen LogP contribution in [-0.2, 0) is 28.9 Å². The van der Waals surface area contributed by atoms with Gasteiger partial charge in [0.1, 0.15) is 5.78 Å². The zero-order valence-corrected chi connectivity index (χ0v) is 20.1. The van der Waals surface area contributed by atoms with Gasteiger partial charge in [-0.3, -0.25) is 14.6 Å². The summed E-state index contributed by atoms with van der Waals surface area (Å²) < 4.78 is 10.2. The van der Waals surface area contributed by atoms with Crippen LogP contribution < -0.4 is 9.47 Å². The number of carbonyl (C=O) groups is 2. The van der Waals surface area contributed by atoms with E-state index in [9.17, 15) is 9.59 Å². The molecule has 0 N–H and O–H groups in total. The van der Waals surface area contributed by atoms with Crippen molar-refractivity contribution in [1.29, 1.82) is 0 Å². The van der Waals surface area contributed by atoms with Gasteiger partial charge in [-0.05, 0) is 60.6 Å². The van der Waals surface area contributed by atoms with E-state index in [4.69, 9.17) is 9.47 Å². The van der Waals surface area contributed by atoms with Crippen LogP contribution in [0.3, 0.4) is 0 Å². The van der Waals surface area contributed by atoms with Crippen molar-refractivity contribution in [2.75, 3.05) is 14.2 Å². The number of Topliss-reactive ketones (excluding diaryl/α,β-unsaturated/α-hetero) is 2. The monoisotopic (exact) mass is 471 g/mol. The molecule has 0 aromatic carbocycles. The van der Waals surface area contributed by atoms with Crippen molar-refractivity contribution in [3.05, 3.63) is 76.9 Å². The molecule has 0 saturated carbocycles. The normalized spacial score (nSPS) is 16.2. The van der Waals surface area contributed by atoms with Crippen molar-refractivity contribution < 1.29 is 19.1 Å². The van der Waals surface area contributed by atoms with Gasteiger partial charge in [0.05, 0.1) is 19.9 Å². The smallest absolute Gasteiger partial charge is 0.213 e. The highest BCUT2D eigenvalue weighted by Crippen LogP contribution is 2.30. The fraction of sp³-hybridized carbons (Fsp3) is 0.321. The molecule has 3 heterocycles. The van der Waals surface area contributed by atoms with E-state index in [0.717, 1.165) is 48.1 Å². The van der Waals surface area contributed by atoms with Gasteiger partial charge < -0.3 is 9.47 Å². The summed E-state index contributed by atoms with van der Waals surface area (Å²) in [6.45, 7) is 0. The lowest BCUT2D eigenvalue weighted by Gasteiger charge is -2.09. The summed E-state index contributed by atoms with van der Waals surface area (Å²) in [6.07, 6.45) is 12.4. The number of pyridine rings is 3. The van der Waals surface area contributed by atoms with E-state index >= 15 is 0 Å². The first kappa shape index (κ1) is 24.3. The number of carbonyl (C=O) groups excluding carboxylic acids is 2. The number of hydrogen-bond acceptors (Lipinski definition) is 7. The number of aryl methyl sites for hydroxylation is 2. The maximum Gasteiger partial charge on any atom is 0.213 e. The van der Waals surface area contributed by atoms with Gasteiger partial charge in [-0.2, -0.15) is 0 Å². The molecule has 0 aliphatic heterocycles. The van der Waals surface area contributed by atoms with Crippen LogP contribution in [0.1, 0.15) is 53.6 Å². The van der Waals surface area contributed by atoms with E-state index in [-0.39, 0.29) is 5.78 Å². The molecule has 5 rings (SSSR count). The Bertz CT molecular complexity index is 1240. The van der Waals surface area contributed by atoms with E-state index in [2.05, 4.69) is 15.0 Å². The van der Waals surface area contributed by atoms with Gasteiger partial charge in [-0.1, -0.05) is 6.07 Å². The molecule has 0 fully saturated rings. The molecule has 0 amide bonds. The molecule has 7 nitrogen and oxygen atoms in total. The molecule has 0 radical (unpaired) electrons. The Hall–Kier alpha value is -3.87. The summed E-state index contributed by atoms with van der Waals surface area (Å²) in [5.74, 6) is 1.68. The Morgan fingerprint density at radius 3 is 2.26 bits per heavy atom. The van der Waals surface area contributed by atoms with Crippen molar-refractivity contribution >= 4 is 23.2 Å². The molecular weight excluding hydrogens is 442 g/mol. The molecule has 35 heavy (non-hydrogen) atoms. The van der Waals surface area contributed by atoms with Gasteiger partial charge in [-0.15, -0.1) is 0 Å². The number of nitrogens with zero attached hydrogens (tertiary/aromatic N) is 3. The van der Waals surface area contributed by atoms with E-state index in [0.29, 0.717) is 42.4 Å². The van der Waals surface area contributed by atoms with Crippen LogP contribution in [0.2, 0.25) is 0 Å². The molecule has 3 aromatic heterocycles. The predicted molar refractivity (Wildman–Crippen MR) is 133 cm³/mol. The number of aromatic nitrogens is 3. The van der Waals surface area contributed by atoms with Gasteiger partial charge >= 0.3 is 0 Å². The fourth-order valence-corrected chi connectivity index (χ4v) is 4.31. The fourth-order valence-electron chi connectivity index (χ4n) is 4.31. The van der Waals surface area contributed by atoms with Crippen LogP contribution in [0.4, 0.5) is 0 Å².